The van der Waals surface area contributed by atoms with Crippen LogP contribution in [0.2, 0.25) is 0 Å². The highest BCUT2D eigenvalue weighted by Crippen LogP contribution is 2.45. The molecule has 0 fully saturated rings. The second kappa shape index (κ2) is 4.16. The molecule has 21 heavy (non-hydrogen) atoms. The first kappa shape index (κ1) is 11.0. The number of nitrogen functional groups attached to an aromatic ring is 1. The van der Waals surface area contributed by atoms with Crippen LogP contribution in [0.3, 0.4) is 0 Å². The standard InChI is InChI=1S/C18H15NO2/c1-18(14-5-3-2-4-6-14)20-16-10-12-7-8-15(19)9-13(12)11-17(16)21-18/h2-11H,19H2,1H3/i8D. The van der Waals surface area contributed by atoms with E-state index >= 15 is 0 Å². The van der Waals surface area contributed by atoms with Gasteiger partial charge in [-0.2, -0.15) is 0 Å². The average Bonchev–Trinajstić information content (AvgIpc) is 2.84. The van der Waals surface area contributed by atoms with Gasteiger partial charge < -0.3 is 15.2 Å². The van der Waals surface area contributed by atoms with Crippen LogP contribution in [-0.4, -0.2) is 0 Å². The molecule has 0 aromatic heterocycles. The van der Waals surface area contributed by atoms with Crippen LogP contribution in [0.5, 0.6) is 11.5 Å². The van der Waals surface area contributed by atoms with Crippen molar-refractivity contribution in [1.29, 1.82) is 0 Å². The minimum absolute atomic E-state index is 0.317. The molecule has 1 aliphatic rings. The van der Waals surface area contributed by atoms with Gasteiger partial charge in [0.15, 0.2) is 11.5 Å². The second-order valence-electron chi connectivity index (χ2n) is 5.33. The normalized spacial score (nSPS) is 20.5. The van der Waals surface area contributed by atoms with Crippen LogP contribution in [-0.2, 0) is 5.79 Å². The molecule has 1 atom stereocenters. The summed E-state index contributed by atoms with van der Waals surface area (Å²) in [6.07, 6.45) is 0. The maximum Gasteiger partial charge on any atom is 0.275 e. The summed E-state index contributed by atoms with van der Waals surface area (Å²) in [5.74, 6) is 0.537. The Labute approximate surface area is 124 Å². The van der Waals surface area contributed by atoms with Crippen LogP contribution < -0.4 is 15.2 Å². The quantitative estimate of drug-likeness (QED) is 0.682. The summed E-state index contributed by atoms with van der Waals surface area (Å²) in [5, 5.41) is 1.85. The number of fused-ring (bicyclic) bond motifs is 2. The Morgan fingerprint density at radius 1 is 0.952 bits per heavy atom. The Morgan fingerprint density at radius 2 is 1.62 bits per heavy atom. The average molecular weight is 278 g/mol. The molecule has 0 bridgehead atoms. The van der Waals surface area contributed by atoms with Crippen molar-refractivity contribution in [1.82, 2.24) is 0 Å². The predicted molar refractivity (Wildman–Crippen MR) is 83.4 cm³/mol. The minimum atomic E-state index is -0.837. The van der Waals surface area contributed by atoms with Gasteiger partial charge in [0.1, 0.15) is 0 Å². The number of anilines is 1. The van der Waals surface area contributed by atoms with Crippen molar-refractivity contribution >= 4 is 16.5 Å². The van der Waals surface area contributed by atoms with E-state index in [9.17, 15) is 0 Å². The number of nitrogens with two attached hydrogens (primary N) is 1. The molecular formula is C18H15NO2. The van der Waals surface area contributed by atoms with Crippen molar-refractivity contribution in [2.24, 2.45) is 0 Å². The van der Waals surface area contributed by atoms with Crippen LogP contribution in [0.4, 0.5) is 5.69 Å². The van der Waals surface area contributed by atoms with Gasteiger partial charge in [0.25, 0.3) is 5.79 Å². The smallest absolute Gasteiger partial charge is 0.275 e. The minimum Gasteiger partial charge on any atom is -0.445 e. The first-order valence-corrected chi connectivity index (χ1v) is 6.83. The van der Waals surface area contributed by atoms with E-state index in [0.29, 0.717) is 23.2 Å². The highest BCUT2D eigenvalue weighted by atomic mass is 16.7. The van der Waals surface area contributed by atoms with Crippen LogP contribution in [0.1, 0.15) is 13.9 Å². The Balaban J connectivity index is 1.82. The Bertz CT molecular complexity index is 827. The van der Waals surface area contributed by atoms with Crippen LogP contribution in [0.25, 0.3) is 10.8 Å². The van der Waals surface area contributed by atoms with E-state index in [4.69, 9.17) is 16.6 Å². The predicted octanol–water partition coefficient (Wildman–Crippen LogP) is 4.07. The Kier molecular flexibility index (Phi) is 2.18. The fourth-order valence-corrected chi connectivity index (χ4v) is 2.67. The molecule has 0 spiro atoms. The monoisotopic (exact) mass is 278 g/mol. The van der Waals surface area contributed by atoms with E-state index in [1.807, 2.05) is 49.4 Å². The molecule has 4 rings (SSSR count). The van der Waals surface area contributed by atoms with Gasteiger partial charge in [-0.25, -0.2) is 0 Å². The van der Waals surface area contributed by atoms with Crippen LogP contribution >= 0.6 is 0 Å². The summed E-state index contributed by atoms with van der Waals surface area (Å²) in [4.78, 5) is 0. The van der Waals surface area contributed by atoms with E-state index in [2.05, 4.69) is 0 Å². The first-order chi connectivity index (χ1) is 10.5. The third kappa shape index (κ3) is 1.89. The fourth-order valence-electron chi connectivity index (χ4n) is 2.67. The van der Waals surface area contributed by atoms with Gasteiger partial charge in [0.2, 0.25) is 0 Å². The van der Waals surface area contributed by atoms with Gasteiger partial charge in [-0.05, 0) is 35.0 Å². The number of ether oxygens (including phenoxy) is 2. The van der Waals surface area contributed by atoms with Crippen LogP contribution in [0.15, 0.2) is 60.6 Å². The lowest BCUT2D eigenvalue weighted by Gasteiger charge is -2.23. The molecular weight excluding hydrogens is 262 g/mol. The van der Waals surface area contributed by atoms with E-state index < -0.39 is 5.79 Å². The highest BCUT2D eigenvalue weighted by Gasteiger charge is 2.38. The molecule has 0 amide bonds. The molecule has 3 nitrogen and oxygen atoms in total. The zero-order valence-electron chi connectivity index (χ0n) is 12.6. The lowest BCUT2D eigenvalue weighted by Crippen LogP contribution is -2.31. The molecule has 0 saturated carbocycles. The molecule has 0 aliphatic carbocycles. The SMILES string of the molecule is [2H]c1cc2cc3c(cc2cc1N)OC(C)(c1ccccc1)O3. The van der Waals surface area contributed by atoms with Gasteiger partial charge in [-0.3, -0.25) is 0 Å². The van der Waals surface area contributed by atoms with Crippen molar-refractivity contribution in [2.75, 3.05) is 5.73 Å². The molecule has 0 saturated heterocycles. The third-order valence-corrected chi connectivity index (χ3v) is 3.76. The van der Waals surface area contributed by atoms with E-state index in [-0.39, 0.29) is 0 Å². The highest BCUT2D eigenvalue weighted by molar-refractivity contribution is 5.88. The third-order valence-electron chi connectivity index (χ3n) is 3.76. The summed E-state index contributed by atoms with van der Waals surface area (Å²) >= 11 is 0. The Hall–Kier alpha value is -2.68. The molecule has 104 valence electrons. The van der Waals surface area contributed by atoms with E-state index in [1.54, 1.807) is 12.1 Å². The van der Waals surface area contributed by atoms with Crippen molar-refractivity contribution < 1.29 is 10.8 Å². The molecule has 1 unspecified atom stereocenters. The summed E-state index contributed by atoms with van der Waals surface area (Å²) < 4.78 is 19.9. The fraction of sp³-hybridized carbons (Fsp3) is 0.111. The van der Waals surface area contributed by atoms with Crippen molar-refractivity contribution in [3.63, 3.8) is 0 Å². The molecule has 3 aromatic rings. The molecule has 3 heteroatoms. The van der Waals surface area contributed by atoms with Crippen molar-refractivity contribution in [3.05, 3.63) is 66.2 Å². The summed E-state index contributed by atoms with van der Waals surface area (Å²) in [7, 11) is 0. The Morgan fingerprint density at radius 3 is 2.33 bits per heavy atom. The maximum atomic E-state index is 7.81. The summed E-state index contributed by atoms with van der Waals surface area (Å²) in [6, 6.07) is 17.5. The molecule has 1 heterocycles. The van der Waals surface area contributed by atoms with Crippen molar-refractivity contribution in [3.8, 4) is 11.5 Å². The van der Waals surface area contributed by atoms with Gasteiger partial charge in [-0.1, -0.05) is 36.4 Å². The zero-order valence-corrected chi connectivity index (χ0v) is 11.6. The van der Waals surface area contributed by atoms with Gasteiger partial charge in [-0.15, -0.1) is 0 Å². The van der Waals surface area contributed by atoms with E-state index in [1.165, 1.54) is 0 Å². The van der Waals surface area contributed by atoms with Gasteiger partial charge in [0.05, 0.1) is 1.37 Å². The number of hydrogen-bond acceptors (Lipinski definition) is 3. The lowest BCUT2D eigenvalue weighted by molar-refractivity contribution is -0.0679. The largest absolute Gasteiger partial charge is 0.445 e. The zero-order chi connectivity index (χ0) is 15.3. The summed E-state index contributed by atoms with van der Waals surface area (Å²) in [5.41, 5.74) is 7.23. The molecule has 0 radical (unpaired) electrons. The van der Waals surface area contributed by atoms with Gasteiger partial charge >= 0.3 is 0 Å². The summed E-state index contributed by atoms with van der Waals surface area (Å²) in [6.45, 7) is 1.90. The van der Waals surface area contributed by atoms with Gasteiger partial charge in [0, 0.05) is 18.2 Å². The first-order valence-electron chi connectivity index (χ1n) is 7.33. The number of benzene rings is 3. The molecule has 2 N–H and O–H groups in total. The van der Waals surface area contributed by atoms with Crippen molar-refractivity contribution in [2.45, 2.75) is 12.7 Å². The van der Waals surface area contributed by atoms with Crippen LogP contribution in [0, 0.1) is 0 Å². The van der Waals surface area contributed by atoms with E-state index in [0.717, 1.165) is 16.3 Å². The number of hydrogen-bond donors (Lipinski definition) is 1. The topological polar surface area (TPSA) is 44.5 Å². The number of rotatable bonds is 1. The second-order valence-corrected chi connectivity index (χ2v) is 5.33. The molecule has 1 aliphatic heterocycles. The molecule has 3 aromatic carbocycles. The maximum absolute atomic E-state index is 7.81. The lowest BCUT2D eigenvalue weighted by atomic mass is 10.1.